The number of carbonyl (C=O) groups excluding carboxylic acids is 2. The van der Waals surface area contributed by atoms with E-state index in [-0.39, 0.29) is 17.6 Å². The van der Waals surface area contributed by atoms with Gasteiger partial charge < -0.3 is 21.3 Å². The summed E-state index contributed by atoms with van der Waals surface area (Å²) in [6.07, 6.45) is 4.28. The molecule has 2 atom stereocenters. The molecule has 106 valence electrons. The number of hydrogen-bond acceptors (Lipinski definition) is 4. The first-order valence-corrected chi connectivity index (χ1v) is 7.08. The third kappa shape index (κ3) is 3.87. The van der Waals surface area contributed by atoms with E-state index in [4.69, 9.17) is 5.73 Å². The molecule has 0 bridgehead atoms. The summed E-state index contributed by atoms with van der Waals surface area (Å²) in [6, 6.07) is 0.668. The number of nitrogens with zero attached hydrogens (tertiary/aromatic N) is 1. The molecular weight excluding hydrogens is 264 g/mol. The molecule has 0 saturated carbocycles. The summed E-state index contributed by atoms with van der Waals surface area (Å²) in [6.45, 7) is 2.23. The summed E-state index contributed by atoms with van der Waals surface area (Å²) >= 11 is 4.64. The molecule has 7 heteroatoms. The Kier molecular flexibility index (Phi) is 4.71. The van der Waals surface area contributed by atoms with Crippen LogP contribution in [0.5, 0.6) is 0 Å². The lowest BCUT2D eigenvalue weighted by Crippen LogP contribution is -2.51. The fourth-order valence-corrected chi connectivity index (χ4v) is 2.93. The van der Waals surface area contributed by atoms with E-state index in [1.807, 2.05) is 0 Å². The number of thiocarbonyl (C=S) groups is 1. The molecule has 2 saturated heterocycles. The number of rotatable bonds is 3. The van der Waals surface area contributed by atoms with Crippen LogP contribution in [0.3, 0.4) is 0 Å². The number of amides is 2. The average Bonchev–Trinajstić information content (AvgIpc) is 2.83. The van der Waals surface area contributed by atoms with Gasteiger partial charge >= 0.3 is 11.8 Å². The fourth-order valence-electron chi connectivity index (χ4n) is 2.85. The van der Waals surface area contributed by atoms with E-state index in [1.165, 1.54) is 19.4 Å². The number of nitrogens with two attached hydrogens (primary N) is 1. The van der Waals surface area contributed by atoms with Crippen LogP contribution >= 0.6 is 12.2 Å². The van der Waals surface area contributed by atoms with Crippen molar-refractivity contribution in [2.45, 2.75) is 37.8 Å². The first kappa shape index (κ1) is 14.2. The van der Waals surface area contributed by atoms with Crippen LogP contribution in [0.25, 0.3) is 0 Å². The van der Waals surface area contributed by atoms with Crippen LogP contribution in [0.15, 0.2) is 0 Å². The van der Waals surface area contributed by atoms with Crippen molar-refractivity contribution in [3.8, 4) is 0 Å². The summed E-state index contributed by atoms with van der Waals surface area (Å²) in [5.74, 6) is -1.26. The predicted molar refractivity (Wildman–Crippen MR) is 75.6 cm³/mol. The second-order valence-corrected chi connectivity index (χ2v) is 5.70. The Hall–Kier alpha value is -1.21. The van der Waals surface area contributed by atoms with Crippen LogP contribution in [-0.4, -0.2) is 53.4 Å². The molecule has 2 amide bonds. The van der Waals surface area contributed by atoms with E-state index >= 15 is 0 Å². The van der Waals surface area contributed by atoms with Crippen LogP contribution < -0.4 is 16.4 Å². The van der Waals surface area contributed by atoms with Crippen molar-refractivity contribution < 1.29 is 9.59 Å². The zero-order valence-corrected chi connectivity index (χ0v) is 11.7. The van der Waals surface area contributed by atoms with E-state index in [2.05, 4.69) is 27.8 Å². The topological polar surface area (TPSA) is 87.5 Å². The van der Waals surface area contributed by atoms with Crippen LogP contribution in [0, 0.1) is 0 Å². The van der Waals surface area contributed by atoms with Gasteiger partial charge in [0.2, 0.25) is 0 Å². The minimum atomic E-state index is -0.665. The first-order valence-electron chi connectivity index (χ1n) is 6.67. The maximum absolute atomic E-state index is 11.7. The summed E-state index contributed by atoms with van der Waals surface area (Å²) in [5.41, 5.74) is 5.26. The Morgan fingerprint density at radius 1 is 1.26 bits per heavy atom. The molecule has 0 aliphatic carbocycles. The highest BCUT2D eigenvalue weighted by atomic mass is 32.1. The fraction of sp³-hybridized carbons (Fsp3) is 0.750. The van der Waals surface area contributed by atoms with Gasteiger partial charge in [-0.3, -0.25) is 9.59 Å². The standard InChI is InChI=1S/C12H20N4O2S/c13-10(19)7-14-11(17)12(18)15-8-3-5-16-4-1-2-9(16)6-8/h8-9H,1-7H2,(H2,13,19)(H,14,17)(H,15,18). The van der Waals surface area contributed by atoms with Crippen molar-refractivity contribution in [2.24, 2.45) is 5.73 Å². The van der Waals surface area contributed by atoms with Gasteiger partial charge in [-0.1, -0.05) is 12.2 Å². The van der Waals surface area contributed by atoms with Gasteiger partial charge in [0.05, 0.1) is 11.5 Å². The van der Waals surface area contributed by atoms with Crippen LogP contribution in [0.2, 0.25) is 0 Å². The summed E-state index contributed by atoms with van der Waals surface area (Å²) in [4.78, 5) is 25.8. The van der Waals surface area contributed by atoms with Crippen molar-refractivity contribution in [3.05, 3.63) is 0 Å². The van der Waals surface area contributed by atoms with Crippen LogP contribution in [-0.2, 0) is 9.59 Å². The highest BCUT2D eigenvalue weighted by molar-refractivity contribution is 7.80. The van der Waals surface area contributed by atoms with E-state index in [1.54, 1.807) is 0 Å². The van der Waals surface area contributed by atoms with Crippen LogP contribution in [0.4, 0.5) is 0 Å². The SMILES string of the molecule is NC(=S)CNC(=O)C(=O)NC1CCN2CCCC2C1. The molecule has 0 radical (unpaired) electrons. The van der Waals surface area contributed by atoms with Gasteiger partial charge in [-0.2, -0.15) is 0 Å². The summed E-state index contributed by atoms with van der Waals surface area (Å²) < 4.78 is 0. The molecule has 2 unspecified atom stereocenters. The van der Waals surface area contributed by atoms with Gasteiger partial charge in [0, 0.05) is 18.6 Å². The predicted octanol–water partition coefficient (Wildman–Crippen LogP) is -0.868. The lowest BCUT2D eigenvalue weighted by Gasteiger charge is -2.34. The Morgan fingerprint density at radius 2 is 2.05 bits per heavy atom. The van der Waals surface area contributed by atoms with Gasteiger partial charge in [0.25, 0.3) is 0 Å². The molecule has 0 spiro atoms. The average molecular weight is 284 g/mol. The summed E-state index contributed by atoms with van der Waals surface area (Å²) in [5, 5.41) is 5.18. The molecule has 6 nitrogen and oxygen atoms in total. The van der Waals surface area contributed by atoms with Crippen molar-refractivity contribution in [2.75, 3.05) is 19.6 Å². The maximum Gasteiger partial charge on any atom is 0.309 e. The van der Waals surface area contributed by atoms with Gasteiger partial charge in [-0.15, -0.1) is 0 Å². The number of piperidine rings is 1. The highest BCUT2D eigenvalue weighted by Crippen LogP contribution is 2.26. The molecule has 0 aromatic heterocycles. The van der Waals surface area contributed by atoms with Crippen molar-refractivity contribution >= 4 is 29.0 Å². The van der Waals surface area contributed by atoms with Crippen molar-refractivity contribution in [1.82, 2.24) is 15.5 Å². The zero-order chi connectivity index (χ0) is 13.8. The minimum Gasteiger partial charge on any atom is -0.392 e. The van der Waals surface area contributed by atoms with Gasteiger partial charge in [-0.05, 0) is 32.2 Å². The molecular formula is C12H20N4O2S. The second-order valence-electron chi connectivity index (χ2n) is 5.18. The molecule has 2 rings (SSSR count). The normalized spacial score (nSPS) is 26.5. The molecule has 2 aliphatic rings. The van der Waals surface area contributed by atoms with E-state index < -0.39 is 11.8 Å². The molecule has 2 fully saturated rings. The molecule has 4 N–H and O–H groups in total. The largest absolute Gasteiger partial charge is 0.392 e. The van der Waals surface area contributed by atoms with E-state index in [0.717, 1.165) is 19.4 Å². The lowest BCUT2D eigenvalue weighted by molar-refractivity contribution is -0.139. The lowest BCUT2D eigenvalue weighted by atomic mass is 9.97. The number of hydrogen-bond donors (Lipinski definition) is 3. The molecule has 0 aromatic carbocycles. The number of nitrogens with one attached hydrogen (secondary N) is 2. The quantitative estimate of drug-likeness (QED) is 0.463. The smallest absolute Gasteiger partial charge is 0.309 e. The zero-order valence-electron chi connectivity index (χ0n) is 10.9. The van der Waals surface area contributed by atoms with Gasteiger partial charge in [0.1, 0.15) is 0 Å². The third-order valence-corrected chi connectivity index (χ3v) is 3.93. The Balaban J connectivity index is 1.76. The van der Waals surface area contributed by atoms with Gasteiger partial charge in [0.15, 0.2) is 0 Å². The monoisotopic (exact) mass is 284 g/mol. The Morgan fingerprint density at radius 3 is 2.79 bits per heavy atom. The number of carbonyl (C=O) groups is 2. The second kappa shape index (κ2) is 6.29. The molecule has 19 heavy (non-hydrogen) atoms. The van der Waals surface area contributed by atoms with Crippen molar-refractivity contribution in [3.63, 3.8) is 0 Å². The van der Waals surface area contributed by atoms with Crippen molar-refractivity contribution in [1.29, 1.82) is 0 Å². The highest BCUT2D eigenvalue weighted by Gasteiger charge is 2.32. The Labute approximate surface area is 118 Å². The van der Waals surface area contributed by atoms with Crippen LogP contribution in [0.1, 0.15) is 25.7 Å². The number of fused-ring (bicyclic) bond motifs is 1. The van der Waals surface area contributed by atoms with Gasteiger partial charge in [-0.25, -0.2) is 0 Å². The summed E-state index contributed by atoms with van der Waals surface area (Å²) in [7, 11) is 0. The van der Waals surface area contributed by atoms with E-state index in [0.29, 0.717) is 6.04 Å². The maximum atomic E-state index is 11.7. The molecule has 2 heterocycles. The molecule has 2 aliphatic heterocycles. The Bertz CT molecular complexity index is 388. The third-order valence-electron chi connectivity index (χ3n) is 3.79. The van der Waals surface area contributed by atoms with E-state index in [9.17, 15) is 9.59 Å². The first-order chi connectivity index (χ1) is 9.06. The molecule has 0 aromatic rings. The minimum absolute atomic E-state index is 0.0582.